The van der Waals surface area contributed by atoms with E-state index in [1.54, 1.807) is 0 Å². The standard InChI is InChI=1S/C22H28N4/c1-3-18-6-8-19(9-7-18)22-20(16-25-13-4-11-23-12-14-25)26-15-17(2)5-10-21(26)24-22/h5-10,15,23H,3-4,11-14,16H2,1-2H3. The molecule has 1 aliphatic rings. The molecule has 1 saturated heterocycles. The number of aromatic nitrogens is 2. The van der Waals surface area contributed by atoms with Crippen LogP contribution in [-0.4, -0.2) is 40.5 Å². The van der Waals surface area contributed by atoms with Crippen molar-refractivity contribution in [2.45, 2.75) is 33.2 Å². The van der Waals surface area contributed by atoms with Gasteiger partial charge in [-0.1, -0.05) is 37.3 Å². The Labute approximate surface area is 155 Å². The second-order valence-corrected chi connectivity index (χ2v) is 7.27. The number of nitrogens with zero attached hydrogens (tertiary/aromatic N) is 3. The molecule has 0 saturated carbocycles. The summed E-state index contributed by atoms with van der Waals surface area (Å²) in [6.07, 6.45) is 4.49. The lowest BCUT2D eigenvalue weighted by atomic mass is 10.1. The Kier molecular flexibility index (Phi) is 5.05. The molecule has 1 N–H and O–H groups in total. The van der Waals surface area contributed by atoms with Crippen molar-refractivity contribution in [1.29, 1.82) is 0 Å². The highest BCUT2D eigenvalue weighted by atomic mass is 15.2. The summed E-state index contributed by atoms with van der Waals surface area (Å²) in [5, 5.41) is 3.50. The normalized spacial score (nSPS) is 16.1. The van der Waals surface area contributed by atoms with E-state index in [9.17, 15) is 0 Å². The van der Waals surface area contributed by atoms with Crippen LogP contribution in [0, 0.1) is 6.92 Å². The Morgan fingerprint density at radius 3 is 2.69 bits per heavy atom. The number of hydrogen-bond acceptors (Lipinski definition) is 3. The molecule has 4 nitrogen and oxygen atoms in total. The zero-order valence-corrected chi connectivity index (χ0v) is 15.8. The Balaban J connectivity index is 1.77. The van der Waals surface area contributed by atoms with Gasteiger partial charge in [-0.15, -0.1) is 0 Å². The SMILES string of the molecule is CCc1ccc(-c2nc3ccc(C)cn3c2CN2CCCNCC2)cc1. The molecule has 4 heteroatoms. The molecule has 4 rings (SSSR count). The molecule has 26 heavy (non-hydrogen) atoms. The smallest absolute Gasteiger partial charge is 0.137 e. The van der Waals surface area contributed by atoms with Crippen LogP contribution in [0.25, 0.3) is 16.9 Å². The van der Waals surface area contributed by atoms with Crippen LogP contribution in [0.15, 0.2) is 42.6 Å². The summed E-state index contributed by atoms with van der Waals surface area (Å²) in [5.41, 5.74) is 7.31. The number of rotatable bonds is 4. The molecule has 1 fully saturated rings. The molecule has 3 heterocycles. The van der Waals surface area contributed by atoms with Gasteiger partial charge in [0.1, 0.15) is 5.65 Å². The molecule has 0 radical (unpaired) electrons. The molecule has 1 aromatic carbocycles. The third-order valence-corrected chi connectivity index (χ3v) is 5.31. The summed E-state index contributed by atoms with van der Waals surface area (Å²) in [4.78, 5) is 7.54. The average Bonchev–Trinajstić information content (AvgIpc) is 2.83. The minimum absolute atomic E-state index is 0.942. The van der Waals surface area contributed by atoms with E-state index in [1.165, 1.54) is 28.8 Å². The Hall–Kier alpha value is -2.17. The molecule has 0 spiro atoms. The van der Waals surface area contributed by atoms with Crippen LogP contribution in [0.4, 0.5) is 0 Å². The van der Waals surface area contributed by atoms with E-state index in [2.05, 4.69) is 71.1 Å². The van der Waals surface area contributed by atoms with E-state index in [0.717, 1.165) is 50.5 Å². The topological polar surface area (TPSA) is 32.6 Å². The third kappa shape index (κ3) is 3.53. The highest BCUT2D eigenvalue weighted by Gasteiger charge is 2.18. The highest BCUT2D eigenvalue weighted by molar-refractivity contribution is 5.67. The van der Waals surface area contributed by atoms with Crippen LogP contribution in [-0.2, 0) is 13.0 Å². The highest BCUT2D eigenvalue weighted by Crippen LogP contribution is 2.27. The van der Waals surface area contributed by atoms with E-state index in [4.69, 9.17) is 4.98 Å². The van der Waals surface area contributed by atoms with Gasteiger partial charge in [0.05, 0.1) is 11.4 Å². The summed E-state index contributed by atoms with van der Waals surface area (Å²) in [6.45, 7) is 9.70. The fraction of sp³-hybridized carbons (Fsp3) is 0.409. The quantitative estimate of drug-likeness (QED) is 0.781. The van der Waals surface area contributed by atoms with Crippen molar-refractivity contribution in [3.05, 3.63) is 59.4 Å². The maximum Gasteiger partial charge on any atom is 0.137 e. The first kappa shape index (κ1) is 17.3. The van der Waals surface area contributed by atoms with Crippen LogP contribution < -0.4 is 5.32 Å². The van der Waals surface area contributed by atoms with Crippen molar-refractivity contribution in [2.75, 3.05) is 26.2 Å². The van der Waals surface area contributed by atoms with E-state index < -0.39 is 0 Å². The number of benzene rings is 1. The van der Waals surface area contributed by atoms with Crippen LogP contribution >= 0.6 is 0 Å². The minimum atomic E-state index is 0.942. The summed E-state index contributed by atoms with van der Waals surface area (Å²) in [6, 6.07) is 13.2. The molecule has 0 bridgehead atoms. The number of pyridine rings is 1. The van der Waals surface area contributed by atoms with E-state index in [-0.39, 0.29) is 0 Å². The average molecular weight is 348 g/mol. The maximum atomic E-state index is 4.99. The van der Waals surface area contributed by atoms with Gasteiger partial charge in [0.2, 0.25) is 0 Å². The molecule has 2 aromatic heterocycles. The van der Waals surface area contributed by atoms with Crippen molar-refractivity contribution < 1.29 is 0 Å². The molecule has 1 aliphatic heterocycles. The summed E-state index contributed by atoms with van der Waals surface area (Å²) in [7, 11) is 0. The number of fused-ring (bicyclic) bond motifs is 1. The second-order valence-electron chi connectivity index (χ2n) is 7.27. The van der Waals surface area contributed by atoms with Crippen LogP contribution in [0.3, 0.4) is 0 Å². The molecule has 0 unspecified atom stereocenters. The van der Waals surface area contributed by atoms with Gasteiger partial charge < -0.3 is 9.72 Å². The van der Waals surface area contributed by atoms with Crippen LogP contribution in [0.5, 0.6) is 0 Å². The summed E-state index contributed by atoms with van der Waals surface area (Å²) in [5.74, 6) is 0. The van der Waals surface area contributed by atoms with Gasteiger partial charge in [0.25, 0.3) is 0 Å². The Morgan fingerprint density at radius 2 is 1.88 bits per heavy atom. The molecule has 0 amide bonds. The lowest BCUT2D eigenvalue weighted by molar-refractivity contribution is 0.281. The molecule has 0 atom stereocenters. The number of nitrogens with one attached hydrogen (secondary N) is 1. The van der Waals surface area contributed by atoms with Crippen molar-refractivity contribution in [2.24, 2.45) is 0 Å². The van der Waals surface area contributed by atoms with Crippen molar-refractivity contribution in [1.82, 2.24) is 19.6 Å². The summed E-state index contributed by atoms with van der Waals surface area (Å²) >= 11 is 0. The van der Waals surface area contributed by atoms with Gasteiger partial charge in [-0.3, -0.25) is 4.90 Å². The van der Waals surface area contributed by atoms with E-state index in [0.29, 0.717) is 0 Å². The maximum absolute atomic E-state index is 4.99. The van der Waals surface area contributed by atoms with Crippen molar-refractivity contribution >= 4 is 5.65 Å². The van der Waals surface area contributed by atoms with Gasteiger partial charge in [0, 0.05) is 31.4 Å². The monoisotopic (exact) mass is 348 g/mol. The predicted molar refractivity (Wildman–Crippen MR) is 108 cm³/mol. The number of hydrogen-bond donors (Lipinski definition) is 1. The lowest BCUT2D eigenvalue weighted by Gasteiger charge is -2.20. The zero-order chi connectivity index (χ0) is 17.9. The first-order valence-corrected chi connectivity index (χ1v) is 9.74. The Bertz CT molecular complexity index is 871. The van der Waals surface area contributed by atoms with Crippen LogP contribution in [0.1, 0.15) is 30.2 Å². The van der Waals surface area contributed by atoms with Crippen molar-refractivity contribution in [3.63, 3.8) is 0 Å². The molecular weight excluding hydrogens is 320 g/mol. The fourth-order valence-electron chi connectivity index (χ4n) is 3.75. The van der Waals surface area contributed by atoms with Gasteiger partial charge >= 0.3 is 0 Å². The van der Waals surface area contributed by atoms with Crippen molar-refractivity contribution in [3.8, 4) is 11.3 Å². The van der Waals surface area contributed by atoms with E-state index >= 15 is 0 Å². The Morgan fingerprint density at radius 1 is 1.04 bits per heavy atom. The van der Waals surface area contributed by atoms with Gasteiger partial charge in [0.15, 0.2) is 0 Å². The first-order valence-electron chi connectivity index (χ1n) is 9.74. The largest absolute Gasteiger partial charge is 0.315 e. The fourth-order valence-corrected chi connectivity index (χ4v) is 3.75. The molecule has 136 valence electrons. The van der Waals surface area contributed by atoms with Gasteiger partial charge in [-0.25, -0.2) is 4.98 Å². The molecular formula is C22H28N4. The van der Waals surface area contributed by atoms with Crippen LogP contribution in [0.2, 0.25) is 0 Å². The van der Waals surface area contributed by atoms with E-state index in [1.807, 2.05) is 0 Å². The first-order chi connectivity index (χ1) is 12.7. The zero-order valence-electron chi connectivity index (χ0n) is 15.8. The number of imidazole rings is 1. The predicted octanol–water partition coefficient (Wildman–Crippen LogP) is 3.67. The summed E-state index contributed by atoms with van der Waals surface area (Å²) < 4.78 is 2.29. The molecule has 0 aliphatic carbocycles. The second kappa shape index (κ2) is 7.60. The minimum Gasteiger partial charge on any atom is -0.315 e. The number of aryl methyl sites for hydroxylation is 2. The molecule has 3 aromatic rings. The van der Waals surface area contributed by atoms with Gasteiger partial charge in [-0.2, -0.15) is 0 Å². The lowest BCUT2D eigenvalue weighted by Crippen LogP contribution is -2.28. The van der Waals surface area contributed by atoms with Gasteiger partial charge in [-0.05, 0) is 50.0 Å². The third-order valence-electron chi connectivity index (χ3n) is 5.31.